The van der Waals surface area contributed by atoms with E-state index in [1.165, 1.54) is 0 Å². The Kier molecular flexibility index (Phi) is 4.71. The van der Waals surface area contributed by atoms with Crippen LogP contribution in [0.5, 0.6) is 5.75 Å². The van der Waals surface area contributed by atoms with Crippen LogP contribution in [0.2, 0.25) is 0 Å². The number of hydrogen-bond acceptors (Lipinski definition) is 3. The van der Waals surface area contributed by atoms with Gasteiger partial charge in [0.15, 0.2) is 0 Å². The number of pyridine rings is 1. The van der Waals surface area contributed by atoms with Crippen LogP contribution in [0.1, 0.15) is 22.8 Å². The predicted octanol–water partition coefficient (Wildman–Crippen LogP) is 2.59. The SMILES string of the molecule is Cc1ccccc1OC[C@@H](C)NC(=O)c1cccnc1. The zero-order chi connectivity index (χ0) is 14.4. The normalized spacial score (nSPS) is 11.7. The van der Waals surface area contributed by atoms with Crippen LogP contribution in [-0.4, -0.2) is 23.5 Å². The Balaban J connectivity index is 1.86. The maximum absolute atomic E-state index is 11.9. The van der Waals surface area contributed by atoms with Crippen molar-refractivity contribution in [2.45, 2.75) is 19.9 Å². The highest BCUT2D eigenvalue weighted by atomic mass is 16.5. The zero-order valence-corrected chi connectivity index (χ0v) is 11.7. The minimum Gasteiger partial charge on any atom is -0.491 e. The molecule has 0 saturated heterocycles. The number of carbonyl (C=O) groups is 1. The van der Waals surface area contributed by atoms with Gasteiger partial charge < -0.3 is 10.1 Å². The van der Waals surface area contributed by atoms with E-state index in [0.717, 1.165) is 11.3 Å². The fourth-order valence-corrected chi connectivity index (χ4v) is 1.78. The van der Waals surface area contributed by atoms with Crippen LogP contribution >= 0.6 is 0 Å². The molecule has 1 atom stereocenters. The molecule has 0 fully saturated rings. The van der Waals surface area contributed by atoms with Crippen molar-refractivity contribution in [3.05, 3.63) is 59.9 Å². The van der Waals surface area contributed by atoms with E-state index in [4.69, 9.17) is 4.74 Å². The maximum atomic E-state index is 11.9. The van der Waals surface area contributed by atoms with Crippen LogP contribution in [0.4, 0.5) is 0 Å². The number of aryl methyl sites for hydroxylation is 1. The predicted molar refractivity (Wildman–Crippen MR) is 77.8 cm³/mol. The summed E-state index contributed by atoms with van der Waals surface area (Å²) >= 11 is 0. The maximum Gasteiger partial charge on any atom is 0.253 e. The topological polar surface area (TPSA) is 51.2 Å². The van der Waals surface area contributed by atoms with E-state index >= 15 is 0 Å². The third kappa shape index (κ3) is 3.82. The Bertz CT molecular complexity index is 570. The van der Waals surface area contributed by atoms with Gasteiger partial charge in [-0.05, 0) is 37.6 Å². The number of carbonyl (C=O) groups excluding carboxylic acids is 1. The molecule has 104 valence electrons. The molecule has 0 bridgehead atoms. The van der Waals surface area contributed by atoms with Crippen molar-refractivity contribution in [1.29, 1.82) is 0 Å². The number of benzene rings is 1. The van der Waals surface area contributed by atoms with Gasteiger partial charge in [-0.15, -0.1) is 0 Å². The van der Waals surface area contributed by atoms with Crippen LogP contribution in [0.25, 0.3) is 0 Å². The van der Waals surface area contributed by atoms with Crippen molar-refractivity contribution in [3.8, 4) is 5.75 Å². The van der Waals surface area contributed by atoms with Gasteiger partial charge in [0.2, 0.25) is 0 Å². The van der Waals surface area contributed by atoms with Crippen LogP contribution in [0, 0.1) is 6.92 Å². The molecule has 0 aliphatic carbocycles. The third-order valence-corrected chi connectivity index (χ3v) is 2.88. The Morgan fingerprint density at radius 2 is 2.10 bits per heavy atom. The van der Waals surface area contributed by atoms with E-state index < -0.39 is 0 Å². The van der Waals surface area contributed by atoms with E-state index in [-0.39, 0.29) is 11.9 Å². The van der Waals surface area contributed by atoms with Gasteiger partial charge >= 0.3 is 0 Å². The summed E-state index contributed by atoms with van der Waals surface area (Å²) in [5.41, 5.74) is 1.63. The van der Waals surface area contributed by atoms with Gasteiger partial charge in [0.1, 0.15) is 12.4 Å². The van der Waals surface area contributed by atoms with Crippen molar-refractivity contribution in [3.63, 3.8) is 0 Å². The van der Waals surface area contributed by atoms with Gasteiger partial charge in [0, 0.05) is 12.4 Å². The van der Waals surface area contributed by atoms with Crippen LogP contribution in [0.15, 0.2) is 48.8 Å². The standard InChI is InChI=1S/C16H18N2O2/c1-12-6-3-4-8-15(12)20-11-13(2)18-16(19)14-7-5-9-17-10-14/h3-10,13H,11H2,1-2H3,(H,18,19)/t13-/m1/s1. The fraction of sp³-hybridized carbons (Fsp3) is 0.250. The molecule has 4 heteroatoms. The lowest BCUT2D eigenvalue weighted by Gasteiger charge is -2.16. The van der Waals surface area contributed by atoms with Gasteiger partial charge in [-0.3, -0.25) is 9.78 Å². The number of aromatic nitrogens is 1. The number of nitrogens with zero attached hydrogens (tertiary/aromatic N) is 1. The molecule has 1 aromatic heterocycles. The molecule has 0 radical (unpaired) electrons. The number of ether oxygens (including phenoxy) is 1. The highest BCUT2D eigenvalue weighted by Crippen LogP contribution is 2.16. The smallest absolute Gasteiger partial charge is 0.253 e. The second-order valence-corrected chi connectivity index (χ2v) is 4.69. The molecule has 2 rings (SSSR count). The van der Waals surface area contributed by atoms with Crippen molar-refractivity contribution < 1.29 is 9.53 Å². The number of amides is 1. The molecular weight excluding hydrogens is 252 g/mol. The van der Waals surface area contributed by atoms with Gasteiger partial charge in [-0.2, -0.15) is 0 Å². The Morgan fingerprint density at radius 3 is 2.80 bits per heavy atom. The molecule has 1 N–H and O–H groups in total. The molecule has 2 aromatic rings. The Morgan fingerprint density at radius 1 is 1.30 bits per heavy atom. The van der Waals surface area contributed by atoms with E-state index in [2.05, 4.69) is 10.3 Å². The molecule has 20 heavy (non-hydrogen) atoms. The third-order valence-electron chi connectivity index (χ3n) is 2.88. The van der Waals surface area contributed by atoms with Gasteiger partial charge in [0.05, 0.1) is 11.6 Å². The second-order valence-electron chi connectivity index (χ2n) is 4.69. The van der Waals surface area contributed by atoms with Gasteiger partial charge in [-0.1, -0.05) is 18.2 Å². The van der Waals surface area contributed by atoms with Crippen LogP contribution in [0.3, 0.4) is 0 Å². The van der Waals surface area contributed by atoms with Crippen molar-refractivity contribution >= 4 is 5.91 Å². The summed E-state index contributed by atoms with van der Waals surface area (Å²) in [4.78, 5) is 15.9. The highest BCUT2D eigenvalue weighted by Gasteiger charge is 2.10. The quantitative estimate of drug-likeness (QED) is 0.908. The summed E-state index contributed by atoms with van der Waals surface area (Å²) in [7, 11) is 0. The van der Waals surface area contributed by atoms with Gasteiger partial charge in [0.25, 0.3) is 5.91 Å². The molecule has 0 aliphatic heterocycles. The first-order valence-corrected chi connectivity index (χ1v) is 6.56. The summed E-state index contributed by atoms with van der Waals surface area (Å²) < 4.78 is 5.70. The first kappa shape index (κ1) is 14.1. The summed E-state index contributed by atoms with van der Waals surface area (Å²) in [5.74, 6) is 0.703. The van der Waals surface area contributed by atoms with Crippen molar-refractivity contribution in [2.75, 3.05) is 6.61 Å². The lowest BCUT2D eigenvalue weighted by Crippen LogP contribution is -2.36. The molecule has 0 aliphatic rings. The van der Waals surface area contributed by atoms with E-state index in [9.17, 15) is 4.79 Å². The monoisotopic (exact) mass is 270 g/mol. The van der Waals surface area contributed by atoms with Gasteiger partial charge in [-0.25, -0.2) is 0 Å². The van der Waals surface area contributed by atoms with Crippen molar-refractivity contribution in [1.82, 2.24) is 10.3 Å². The molecule has 1 aromatic carbocycles. The Labute approximate surface area is 118 Å². The number of rotatable bonds is 5. The number of nitrogens with one attached hydrogen (secondary N) is 1. The molecule has 1 heterocycles. The number of hydrogen-bond donors (Lipinski definition) is 1. The molecule has 1 amide bonds. The molecule has 4 nitrogen and oxygen atoms in total. The average molecular weight is 270 g/mol. The average Bonchev–Trinajstić information content (AvgIpc) is 2.47. The summed E-state index contributed by atoms with van der Waals surface area (Å²) in [6.45, 7) is 4.33. The molecule has 0 spiro atoms. The highest BCUT2D eigenvalue weighted by molar-refractivity contribution is 5.93. The Hall–Kier alpha value is -2.36. The first-order valence-electron chi connectivity index (χ1n) is 6.56. The van der Waals surface area contributed by atoms with E-state index in [1.807, 2.05) is 38.1 Å². The minimum atomic E-state index is -0.140. The first-order chi connectivity index (χ1) is 9.66. The minimum absolute atomic E-state index is 0.0812. The van der Waals surface area contributed by atoms with Crippen LogP contribution < -0.4 is 10.1 Å². The molecular formula is C16H18N2O2. The van der Waals surface area contributed by atoms with Crippen LogP contribution in [-0.2, 0) is 0 Å². The summed E-state index contributed by atoms with van der Waals surface area (Å²) in [6, 6.07) is 11.2. The lowest BCUT2D eigenvalue weighted by atomic mass is 10.2. The largest absolute Gasteiger partial charge is 0.491 e. The molecule has 0 saturated carbocycles. The van der Waals surface area contributed by atoms with E-state index in [0.29, 0.717) is 12.2 Å². The summed E-state index contributed by atoms with van der Waals surface area (Å²) in [6.07, 6.45) is 3.19. The number of para-hydroxylation sites is 1. The lowest BCUT2D eigenvalue weighted by molar-refractivity contribution is 0.0926. The van der Waals surface area contributed by atoms with Crippen molar-refractivity contribution in [2.24, 2.45) is 0 Å². The van der Waals surface area contributed by atoms with E-state index in [1.54, 1.807) is 24.5 Å². The summed E-state index contributed by atoms with van der Waals surface area (Å²) in [5, 5.41) is 2.88. The molecule has 0 unspecified atom stereocenters. The zero-order valence-electron chi connectivity index (χ0n) is 11.7. The second kappa shape index (κ2) is 6.70. The fourth-order valence-electron chi connectivity index (χ4n) is 1.78.